The van der Waals surface area contributed by atoms with Crippen LogP contribution >= 0.6 is 22.9 Å². The molecule has 3 aromatic rings. The summed E-state index contributed by atoms with van der Waals surface area (Å²) in [4.78, 5) is 16.9. The monoisotopic (exact) mass is 412 g/mol. The van der Waals surface area contributed by atoms with Gasteiger partial charge >= 0.3 is 0 Å². The first-order valence-electron chi connectivity index (χ1n) is 9.72. The molecule has 3 rings (SSSR count). The zero-order valence-corrected chi connectivity index (χ0v) is 17.6. The molecule has 1 amide bonds. The van der Waals surface area contributed by atoms with E-state index in [4.69, 9.17) is 11.6 Å². The van der Waals surface area contributed by atoms with Crippen molar-refractivity contribution < 1.29 is 4.79 Å². The number of hydrogen-bond acceptors (Lipinski definition) is 3. The van der Waals surface area contributed by atoms with Crippen molar-refractivity contribution in [2.45, 2.75) is 44.4 Å². The first-order chi connectivity index (χ1) is 13.7. The fourth-order valence-electron chi connectivity index (χ4n) is 3.00. The molecule has 1 aromatic heterocycles. The lowest BCUT2D eigenvalue weighted by Gasteiger charge is -2.08. The van der Waals surface area contributed by atoms with Gasteiger partial charge in [0.05, 0.1) is 5.69 Å². The number of hydrogen-bond donors (Lipinski definition) is 1. The first-order valence-corrected chi connectivity index (χ1v) is 11.0. The number of nitrogens with one attached hydrogen (secondary N) is 1. The fraction of sp³-hybridized carbons (Fsp3) is 0.304. The van der Waals surface area contributed by atoms with Crippen LogP contribution in [-0.2, 0) is 11.2 Å². The number of rotatable bonds is 9. The Bertz CT molecular complexity index is 877. The number of unbranched alkanes of at least 4 members (excludes halogenated alkanes) is 3. The van der Waals surface area contributed by atoms with Gasteiger partial charge < -0.3 is 5.32 Å². The van der Waals surface area contributed by atoms with E-state index in [1.54, 1.807) is 0 Å². The smallest absolute Gasteiger partial charge is 0.248 e. The Labute approximate surface area is 175 Å². The summed E-state index contributed by atoms with van der Waals surface area (Å²) in [6.45, 7) is 2.23. The van der Waals surface area contributed by atoms with E-state index < -0.39 is 5.38 Å². The lowest BCUT2D eigenvalue weighted by atomic mass is 10.0. The molecule has 0 spiro atoms. The van der Waals surface area contributed by atoms with E-state index in [1.165, 1.54) is 42.6 Å². The topological polar surface area (TPSA) is 42.0 Å². The van der Waals surface area contributed by atoms with E-state index in [-0.39, 0.29) is 5.91 Å². The van der Waals surface area contributed by atoms with Crippen LogP contribution in [0.1, 0.15) is 49.1 Å². The second-order valence-corrected chi connectivity index (χ2v) is 8.10. The maximum absolute atomic E-state index is 12.4. The van der Waals surface area contributed by atoms with Crippen molar-refractivity contribution in [1.82, 2.24) is 4.98 Å². The Morgan fingerprint density at radius 2 is 1.82 bits per heavy atom. The molecule has 28 heavy (non-hydrogen) atoms. The lowest BCUT2D eigenvalue weighted by molar-refractivity contribution is -0.116. The minimum Gasteiger partial charge on any atom is -0.300 e. The third kappa shape index (κ3) is 5.66. The van der Waals surface area contributed by atoms with Gasteiger partial charge in [0.2, 0.25) is 5.91 Å². The number of alkyl halides is 1. The van der Waals surface area contributed by atoms with Gasteiger partial charge in [0.1, 0.15) is 5.38 Å². The van der Waals surface area contributed by atoms with Crippen LogP contribution in [0.5, 0.6) is 0 Å². The Balaban J connectivity index is 1.58. The largest absolute Gasteiger partial charge is 0.300 e. The van der Waals surface area contributed by atoms with Crippen molar-refractivity contribution in [1.29, 1.82) is 0 Å². The summed E-state index contributed by atoms with van der Waals surface area (Å²) in [5.41, 5.74) is 4.05. The standard InChI is InChI=1S/C23H25ClN2OS/c1-2-3-4-6-9-17-12-14-18(15-13-17)20-16-28-23(25-20)26-22(27)21(24)19-10-7-5-8-11-19/h5,7-8,10-16,21H,2-4,6,9H2,1H3,(H,25,26,27). The molecule has 1 atom stereocenters. The van der Waals surface area contributed by atoms with E-state index >= 15 is 0 Å². The first kappa shape index (κ1) is 20.6. The number of aryl methyl sites for hydroxylation is 1. The van der Waals surface area contributed by atoms with Crippen molar-refractivity contribution in [3.8, 4) is 11.3 Å². The number of carbonyl (C=O) groups excluding carboxylic acids is 1. The second-order valence-electron chi connectivity index (χ2n) is 6.81. The molecule has 0 saturated carbocycles. The van der Waals surface area contributed by atoms with Gasteiger partial charge in [-0.1, -0.05) is 80.8 Å². The summed E-state index contributed by atoms with van der Waals surface area (Å²) in [7, 11) is 0. The molecule has 2 aromatic carbocycles. The van der Waals surface area contributed by atoms with Gasteiger partial charge in [-0.3, -0.25) is 4.79 Å². The van der Waals surface area contributed by atoms with Gasteiger partial charge in [-0.05, 0) is 24.0 Å². The fourth-order valence-corrected chi connectivity index (χ4v) is 3.93. The highest BCUT2D eigenvalue weighted by Crippen LogP contribution is 2.27. The normalized spacial score (nSPS) is 11.9. The van der Waals surface area contributed by atoms with Crippen LogP contribution in [0, 0.1) is 0 Å². The zero-order valence-electron chi connectivity index (χ0n) is 16.0. The van der Waals surface area contributed by atoms with Crippen molar-refractivity contribution in [3.63, 3.8) is 0 Å². The molecule has 0 radical (unpaired) electrons. The summed E-state index contributed by atoms with van der Waals surface area (Å²) in [6.07, 6.45) is 6.21. The molecule has 1 N–H and O–H groups in total. The van der Waals surface area contributed by atoms with E-state index in [1.807, 2.05) is 35.7 Å². The predicted octanol–water partition coefficient (Wildman–Crippen LogP) is 6.85. The van der Waals surface area contributed by atoms with Crippen LogP contribution in [0.3, 0.4) is 0 Å². The molecule has 0 fully saturated rings. The number of aromatic nitrogens is 1. The number of thiazole rings is 1. The number of halogens is 1. The molecule has 0 saturated heterocycles. The lowest BCUT2D eigenvalue weighted by Crippen LogP contribution is -2.17. The number of nitrogens with zero attached hydrogens (tertiary/aromatic N) is 1. The Morgan fingerprint density at radius 1 is 1.07 bits per heavy atom. The molecular weight excluding hydrogens is 388 g/mol. The number of amides is 1. The van der Waals surface area contributed by atoms with Crippen LogP contribution in [0.4, 0.5) is 5.13 Å². The molecule has 0 aliphatic carbocycles. The van der Waals surface area contributed by atoms with Crippen LogP contribution in [0.15, 0.2) is 60.0 Å². The summed E-state index contributed by atoms with van der Waals surface area (Å²) >= 11 is 7.68. The maximum atomic E-state index is 12.4. The second kappa shape index (κ2) is 10.4. The van der Waals surface area contributed by atoms with Crippen LogP contribution in [-0.4, -0.2) is 10.9 Å². The molecule has 1 heterocycles. The Kier molecular flexibility index (Phi) is 7.63. The number of anilines is 1. The van der Waals surface area contributed by atoms with Crippen LogP contribution in [0.2, 0.25) is 0 Å². The van der Waals surface area contributed by atoms with E-state index in [0.29, 0.717) is 5.13 Å². The SMILES string of the molecule is CCCCCCc1ccc(-c2csc(NC(=O)C(Cl)c3ccccc3)n2)cc1. The van der Waals surface area contributed by atoms with Gasteiger partial charge in [-0.2, -0.15) is 0 Å². The van der Waals surface area contributed by atoms with E-state index in [2.05, 4.69) is 41.5 Å². The third-order valence-corrected chi connectivity index (χ3v) is 5.83. The molecular formula is C23H25ClN2OS. The summed E-state index contributed by atoms with van der Waals surface area (Å²) in [6, 6.07) is 17.9. The average Bonchev–Trinajstić information content (AvgIpc) is 3.20. The summed E-state index contributed by atoms with van der Waals surface area (Å²) in [5, 5.41) is 4.60. The minimum atomic E-state index is -0.736. The molecule has 146 valence electrons. The van der Waals surface area contributed by atoms with Crippen molar-refractivity contribution >= 4 is 34.0 Å². The van der Waals surface area contributed by atoms with E-state index in [9.17, 15) is 4.79 Å². The van der Waals surface area contributed by atoms with Crippen molar-refractivity contribution in [3.05, 3.63) is 71.1 Å². The maximum Gasteiger partial charge on any atom is 0.248 e. The van der Waals surface area contributed by atoms with Crippen molar-refractivity contribution in [2.24, 2.45) is 0 Å². The Morgan fingerprint density at radius 3 is 2.54 bits per heavy atom. The average molecular weight is 413 g/mol. The molecule has 0 bridgehead atoms. The molecule has 0 aliphatic rings. The van der Waals surface area contributed by atoms with Gasteiger partial charge in [-0.15, -0.1) is 22.9 Å². The highest BCUT2D eigenvalue weighted by Gasteiger charge is 2.18. The molecule has 3 nitrogen and oxygen atoms in total. The Hall–Kier alpha value is -2.17. The predicted molar refractivity (Wildman–Crippen MR) is 119 cm³/mol. The highest BCUT2D eigenvalue weighted by molar-refractivity contribution is 7.14. The van der Waals surface area contributed by atoms with Gasteiger partial charge in [0.25, 0.3) is 0 Å². The van der Waals surface area contributed by atoms with Gasteiger partial charge in [0.15, 0.2) is 5.13 Å². The van der Waals surface area contributed by atoms with E-state index in [0.717, 1.165) is 23.2 Å². The van der Waals surface area contributed by atoms with Crippen LogP contribution < -0.4 is 5.32 Å². The third-order valence-electron chi connectivity index (χ3n) is 4.63. The molecule has 5 heteroatoms. The van der Waals surface area contributed by atoms with Crippen LogP contribution in [0.25, 0.3) is 11.3 Å². The quantitative estimate of drug-likeness (QED) is 0.308. The zero-order chi connectivity index (χ0) is 19.8. The molecule has 1 unspecified atom stereocenters. The van der Waals surface area contributed by atoms with Gasteiger partial charge in [0, 0.05) is 10.9 Å². The summed E-state index contributed by atoms with van der Waals surface area (Å²) in [5.74, 6) is -0.267. The van der Waals surface area contributed by atoms with Gasteiger partial charge in [-0.25, -0.2) is 4.98 Å². The minimum absolute atomic E-state index is 0.267. The highest BCUT2D eigenvalue weighted by atomic mass is 35.5. The van der Waals surface area contributed by atoms with Crippen molar-refractivity contribution in [2.75, 3.05) is 5.32 Å². The summed E-state index contributed by atoms with van der Waals surface area (Å²) < 4.78 is 0. The number of carbonyl (C=O) groups is 1. The number of benzene rings is 2. The molecule has 0 aliphatic heterocycles.